The predicted octanol–water partition coefficient (Wildman–Crippen LogP) is 7.23. The second-order valence-corrected chi connectivity index (χ2v) is 20.4. The molecule has 0 aromatic heterocycles. The van der Waals surface area contributed by atoms with Gasteiger partial charge in [0.05, 0.1) is 0 Å². The number of nitrogens with one attached hydrogen (secondary N) is 3. The Kier molecular flexibility index (Phi) is 24.7. The number of alkyl halides is 3. The second-order valence-electron chi connectivity index (χ2n) is 20.4. The number of benzene rings is 6. The van der Waals surface area contributed by atoms with Crippen molar-refractivity contribution >= 4 is 58.1 Å². The Morgan fingerprint density at radius 3 is 0.819 bits per heavy atom. The lowest BCUT2D eigenvalue weighted by Gasteiger charge is -2.28. The van der Waals surface area contributed by atoms with Crippen LogP contribution in [0.4, 0.5) is 30.2 Å². The Morgan fingerprint density at radius 1 is 0.386 bits per heavy atom. The lowest BCUT2D eigenvalue weighted by Crippen LogP contribution is -2.58. The lowest BCUT2D eigenvalue weighted by molar-refractivity contribution is -0.192. The fourth-order valence-corrected chi connectivity index (χ4v) is 9.18. The van der Waals surface area contributed by atoms with Crippen molar-refractivity contribution in [3.8, 4) is 0 Å². The Hall–Kier alpha value is -8.24. The van der Waals surface area contributed by atoms with Gasteiger partial charge in [-0.15, -0.1) is 0 Å². The van der Waals surface area contributed by atoms with Crippen molar-refractivity contribution in [2.75, 3.05) is 35.6 Å². The number of rotatable bonds is 30. The molecular formula is C63H74F3N9O8. The molecule has 83 heavy (non-hydrogen) atoms. The van der Waals surface area contributed by atoms with Crippen LogP contribution in [0.1, 0.15) is 97.1 Å². The molecule has 6 aromatic carbocycles. The Bertz CT molecular complexity index is 2770. The van der Waals surface area contributed by atoms with Crippen LogP contribution in [-0.2, 0) is 52.8 Å². The molecule has 0 saturated carbocycles. The van der Waals surface area contributed by atoms with E-state index in [4.69, 9.17) is 44.3 Å². The molecule has 0 aliphatic heterocycles. The van der Waals surface area contributed by atoms with Gasteiger partial charge in [-0.05, 0) is 147 Å². The van der Waals surface area contributed by atoms with Crippen molar-refractivity contribution in [1.29, 1.82) is 0 Å². The minimum atomic E-state index is -5.08. The number of Topliss-reactive ketones (excluding diaryl/α,β-unsaturated/α-hetero) is 3. The first-order chi connectivity index (χ1) is 39.6. The molecule has 6 aromatic rings. The molecule has 0 radical (unpaired) electrons. The highest BCUT2D eigenvalue weighted by Gasteiger charge is 2.43. The molecule has 440 valence electrons. The molecule has 0 saturated heterocycles. The number of carbonyl (C=O) groups excluding carboxylic acids is 6. The zero-order valence-corrected chi connectivity index (χ0v) is 46.2. The number of amides is 3. The quantitative estimate of drug-likeness (QED) is 0.0121. The van der Waals surface area contributed by atoms with Crippen LogP contribution in [0.3, 0.4) is 0 Å². The molecule has 3 amide bonds. The van der Waals surface area contributed by atoms with E-state index in [1.165, 1.54) is 0 Å². The molecule has 20 heteroatoms. The first kappa shape index (κ1) is 65.6. The van der Waals surface area contributed by atoms with Gasteiger partial charge in [-0.1, -0.05) is 127 Å². The van der Waals surface area contributed by atoms with Gasteiger partial charge in [-0.25, -0.2) is 4.79 Å². The topological polar surface area (TPSA) is 332 Å². The summed E-state index contributed by atoms with van der Waals surface area (Å²) in [5.41, 5.74) is 37.9. The van der Waals surface area contributed by atoms with Gasteiger partial charge in [0, 0.05) is 42.2 Å². The van der Waals surface area contributed by atoms with Gasteiger partial charge in [-0.2, -0.15) is 13.2 Å². The highest BCUT2D eigenvalue weighted by atomic mass is 19.4. The summed E-state index contributed by atoms with van der Waals surface area (Å²) >= 11 is 0. The molecule has 0 heterocycles. The minimum Gasteiger partial charge on any atom is -0.475 e. The van der Waals surface area contributed by atoms with Gasteiger partial charge in [0.1, 0.15) is 0 Å². The zero-order valence-electron chi connectivity index (χ0n) is 46.2. The summed E-state index contributed by atoms with van der Waals surface area (Å²) < 4.78 is 31.7. The van der Waals surface area contributed by atoms with E-state index in [1.807, 2.05) is 127 Å². The van der Waals surface area contributed by atoms with Crippen LogP contribution < -0.4 is 50.4 Å². The first-order valence-electron chi connectivity index (χ1n) is 27.3. The maximum absolute atomic E-state index is 14.0. The predicted molar refractivity (Wildman–Crippen MR) is 315 cm³/mol. The number of ketones is 3. The van der Waals surface area contributed by atoms with E-state index in [0.717, 1.165) is 33.4 Å². The third-order valence-electron chi connectivity index (χ3n) is 14.2. The number of hydrogen-bond acceptors (Lipinski definition) is 13. The molecule has 0 spiro atoms. The fraction of sp³-hybridized carbons (Fsp3) is 0.317. The van der Waals surface area contributed by atoms with E-state index >= 15 is 0 Å². The van der Waals surface area contributed by atoms with E-state index in [0.29, 0.717) is 75.2 Å². The van der Waals surface area contributed by atoms with Crippen LogP contribution in [0, 0.1) is 0 Å². The van der Waals surface area contributed by atoms with Gasteiger partial charge in [0.2, 0.25) is 0 Å². The monoisotopic (exact) mass is 1140 g/mol. The third kappa shape index (κ3) is 18.9. The average Bonchev–Trinajstić information content (AvgIpc) is 3.67. The highest BCUT2D eigenvalue weighted by Crippen LogP contribution is 2.35. The lowest BCUT2D eigenvalue weighted by atomic mass is 9.84. The summed E-state index contributed by atoms with van der Waals surface area (Å²) in [6, 6.07) is 49.0. The van der Waals surface area contributed by atoms with Gasteiger partial charge in [-0.3, -0.25) is 28.8 Å². The highest BCUT2D eigenvalue weighted by molar-refractivity contribution is 6.17. The van der Waals surface area contributed by atoms with E-state index in [9.17, 15) is 41.9 Å². The summed E-state index contributed by atoms with van der Waals surface area (Å²) in [5, 5.41) is 15.8. The number of aliphatic carboxylic acids is 1. The number of carboxylic acids is 1. The summed E-state index contributed by atoms with van der Waals surface area (Å²) in [7, 11) is 0. The zero-order chi connectivity index (χ0) is 60.6. The Balaban J connectivity index is 0.00000169. The number of anilines is 3. The molecule has 0 aliphatic carbocycles. The fourth-order valence-electron chi connectivity index (χ4n) is 9.18. The molecule has 0 unspecified atom stereocenters. The van der Waals surface area contributed by atoms with E-state index in [1.54, 1.807) is 36.4 Å². The van der Waals surface area contributed by atoms with Crippen molar-refractivity contribution in [3.05, 3.63) is 197 Å². The molecule has 3 atom stereocenters. The normalized spacial score (nSPS) is 13.4. The SMILES string of the molecule is NCCCC[C@@](N)(C(=O)Cc1ccccc1)C(=O)Nc1ccc(C(c2ccc(NC(=O)[C@@](N)(CCCCN)C(=O)Cc3ccccc3)cc2)c2ccc(NC(=O)[C@@](N)(CCCCN)C(=O)Cc3ccccc3)cc2)cc1.O=C(O)C(F)(F)F. The van der Waals surface area contributed by atoms with Crippen LogP contribution in [0.5, 0.6) is 0 Å². The van der Waals surface area contributed by atoms with E-state index in [-0.39, 0.29) is 38.5 Å². The number of carboxylic acid groups (broad SMARTS) is 1. The van der Waals surface area contributed by atoms with Crippen LogP contribution in [0.2, 0.25) is 0 Å². The molecule has 17 nitrogen and oxygen atoms in total. The van der Waals surface area contributed by atoms with Crippen LogP contribution in [0.15, 0.2) is 164 Å². The average molecular weight is 1140 g/mol. The molecular weight excluding hydrogens is 1070 g/mol. The molecule has 0 fully saturated rings. The van der Waals surface area contributed by atoms with Crippen molar-refractivity contribution in [1.82, 2.24) is 0 Å². The summed E-state index contributed by atoms with van der Waals surface area (Å²) in [5.74, 6) is -6.32. The molecule has 0 bridgehead atoms. The molecule has 6 rings (SSSR count). The smallest absolute Gasteiger partial charge is 0.475 e. The van der Waals surface area contributed by atoms with Crippen molar-refractivity contribution in [2.24, 2.45) is 34.4 Å². The summed E-state index contributed by atoms with van der Waals surface area (Å²) in [6.45, 7) is 1.17. The van der Waals surface area contributed by atoms with Gasteiger partial charge in [0.25, 0.3) is 17.7 Å². The maximum atomic E-state index is 14.0. The first-order valence-corrected chi connectivity index (χ1v) is 27.3. The molecule has 16 N–H and O–H groups in total. The van der Waals surface area contributed by atoms with E-state index < -0.39 is 69.8 Å². The number of halogens is 3. The van der Waals surface area contributed by atoms with Crippen LogP contribution >= 0.6 is 0 Å². The third-order valence-corrected chi connectivity index (χ3v) is 14.2. The van der Waals surface area contributed by atoms with Crippen molar-refractivity contribution in [2.45, 2.75) is 106 Å². The van der Waals surface area contributed by atoms with Gasteiger partial charge in [0.15, 0.2) is 34.0 Å². The summed E-state index contributed by atoms with van der Waals surface area (Å²) in [4.78, 5) is 92.3. The number of carbonyl (C=O) groups is 7. The second kappa shape index (κ2) is 31.3. The van der Waals surface area contributed by atoms with Gasteiger partial charge < -0.3 is 55.5 Å². The van der Waals surface area contributed by atoms with E-state index in [2.05, 4.69) is 16.0 Å². The summed E-state index contributed by atoms with van der Waals surface area (Å²) in [6.07, 6.45) is -1.55. The van der Waals surface area contributed by atoms with Crippen molar-refractivity contribution < 1.29 is 51.8 Å². The Labute approximate surface area is 481 Å². The largest absolute Gasteiger partial charge is 0.490 e. The maximum Gasteiger partial charge on any atom is 0.490 e. The Morgan fingerprint density at radius 2 is 0.614 bits per heavy atom. The number of unbranched alkanes of at least 4 members (excludes halogenated alkanes) is 3. The van der Waals surface area contributed by atoms with Crippen LogP contribution in [-0.4, -0.2) is 88.6 Å². The standard InChI is InChI=1S/C61H73N9O6.C2HF3O2/c62-37-13-10-34-59(65,52(71)40-43-16-4-1-5-17-43)56(74)68-49-28-22-46(23-29-49)55(47-24-30-50(31-25-47)69-57(75)60(66,35-11-14-38-63)53(72)41-44-18-6-2-7-19-44)48-26-32-51(33-27-48)70-58(76)61(67,36-12-15-39-64)54(73)42-45-20-8-3-9-21-45;3-2(4,5)1(6)7/h1-9,16-33,55H,10-15,34-42,62-67H2,(H,68,74)(H,69,75)(H,70,76);(H,6,7)/t59-,60-,61-;/m1./s1. The van der Waals surface area contributed by atoms with Crippen LogP contribution in [0.25, 0.3) is 0 Å². The van der Waals surface area contributed by atoms with Gasteiger partial charge >= 0.3 is 12.1 Å². The number of hydrogen-bond donors (Lipinski definition) is 10. The number of nitrogens with two attached hydrogens (primary N) is 6. The minimum absolute atomic E-state index is 0.0124. The van der Waals surface area contributed by atoms with Crippen molar-refractivity contribution in [3.63, 3.8) is 0 Å². The molecule has 0 aliphatic rings.